The molecule has 1 aromatic carbocycles. The molecule has 2 N–H and O–H groups in total. The first kappa shape index (κ1) is 14.1. The molecule has 21 heavy (non-hydrogen) atoms. The van der Waals surface area contributed by atoms with E-state index in [0.717, 1.165) is 38.5 Å². The monoisotopic (exact) mass is 286 g/mol. The molecule has 0 saturated heterocycles. The highest BCUT2D eigenvalue weighted by atomic mass is 16.2. The van der Waals surface area contributed by atoms with Crippen LogP contribution >= 0.6 is 0 Å². The quantitative estimate of drug-likeness (QED) is 0.839. The van der Waals surface area contributed by atoms with Gasteiger partial charge in [-0.1, -0.05) is 43.2 Å². The maximum Gasteiger partial charge on any atom is 0.242 e. The van der Waals surface area contributed by atoms with Crippen LogP contribution in [0.5, 0.6) is 0 Å². The van der Waals surface area contributed by atoms with Gasteiger partial charge in [-0.3, -0.25) is 20.4 Å². The minimum Gasteiger partial charge on any atom is -0.273 e. The summed E-state index contributed by atoms with van der Waals surface area (Å²) >= 11 is 0. The molecule has 2 aliphatic rings. The summed E-state index contributed by atoms with van der Waals surface area (Å²) in [5, 5.41) is 0. The van der Waals surface area contributed by atoms with Crippen LogP contribution in [0.2, 0.25) is 0 Å². The SMILES string of the molecule is O=C(NNC(=O)[C@@H]1CCCC[C@@H]1c1ccccc1)C1CC1. The Morgan fingerprint density at radius 3 is 2.24 bits per heavy atom. The van der Waals surface area contributed by atoms with E-state index in [0.29, 0.717) is 0 Å². The fourth-order valence-corrected chi connectivity index (χ4v) is 3.21. The fraction of sp³-hybridized carbons (Fsp3) is 0.529. The summed E-state index contributed by atoms with van der Waals surface area (Å²) in [4.78, 5) is 24.0. The van der Waals surface area contributed by atoms with Crippen molar-refractivity contribution in [2.45, 2.75) is 44.4 Å². The van der Waals surface area contributed by atoms with Crippen LogP contribution in [0.3, 0.4) is 0 Å². The Labute approximate surface area is 125 Å². The number of amides is 2. The van der Waals surface area contributed by atoms with E-state index < -0.39 is 0 Å². The van der Waals surface area contributed by atoms with Gasteiger partial charge in [0.15, 0.2) is 0 Å². The van der Waals surface area contributed by atoms with Crippen molar-refractivity contribution in [2.75, 3.05) is 0 Å². The molecular formula is C17H22N2O2. The van der Waals surface area contributed by atoms with Crippen molar-refractivity contribution in [3.8, 4) is 0 Å². The van der Waals surface area contributed by atoms with Crippen molar-refractivity contribution < 1.29 is 9.59 Å². The molecule has 0 aliphatic heterocycles. The molecule has 0 aromatic heterocycles. The van der Waals surface area contributed by atoms with Crippen molar-refractivity contribution in [1.82, 2.24) is 10.9 Å². The van der Waals surface area contributed by atoms with Gasteiger partial charge in [-0.15, -0.1) is 0 Å². The molecule has 0 radical (unpaired) electrons. The van der Waals surface area contributed by atoms with Crippen molar-refractivity contribution in [3.63, 3.8) is 0 Å². The summed E-state index contributed by atoms with van der Waals surface area (Å²) in [7, 11) is 0. The number of carbonyl (C=O) groups is 2. The van der Waals surface area contributed by atoms with Crippen LogP contribution in [-0.4, -0.2) is 11.8 Å². The van der Waals surface area contributed by atoms with Gasteiger partial charge in [0.25, 0.3) is 0 Å². The third-order valence-corrected chi connectivity index (χ3v) is 4.59. The lowest BCUT2D eigenvalue weighted by molar-refractivity contribution is -0.132. The summed E-state index contributed by atoms with van der Waals surface area (Å²) in [6, 6.07) is 10.2. The Morgan fingerprint density at radius 2 is 1.52 bits per heavy atom. The van der Waals surface area contributed by atoms with E-state index >= 15 is 0 Å². The Hall–Kier alpha value is -1.84. The number of hydrogen-bond donors (Lipinski definition) is 2. The summed E-state index contributed by atoms with van der Waals surface area (Å²) in [6.45, 7) is 0. The zero-order chi connectivity index (χ0) is 14.7. The Kier molecular flexibility index (Phi) is 4.23. The molecule has 2 saturated carbocycles. The molecule has 2 aliphatic carbocycles. The summed E-state index contributed by atoms with van der Waals surface area (Å²) < 4.78 is 0. The summed E-state index contributed by atoms with van der Waals surface area (Å²) in [5.74, 6) is 0.243. The topological polar surface area (TPSA) is 58.2 Å². The van der Waals surface area contributed by atoms with Crippen LogP contribution in [0.15, 0.2) is 30.3 Å². The molecule has 0 heterocycles. The van der Waals surface area contributed by atoms with E-state index in [4.69, 9.17) is 0 Å². The van der Waals surface area contributed by atoms with E-state index in [9.17, 15) is 9.59 Å². The second kappa shape index (κ2) is 6.29. The van der Waals surface area contributed by atoms with Gasteiger partial charge < -0.3 is 0 Å². The normalized spacial score (nSPS) is 25.1. The zero-order valence-corrected chi connectivity index (χ0v) is 12.2. The number of carbonyl (C=O) groups excluding carboxylic acids is 2. The molecule has 0 bridgehead atoms. The number of benzene rings is 1. The maximum absolute atomic E-state index is 12.4. The second-order valence-electron chi connectivity index (χ2n) is 6.16. The van der Waals surface area contributed by atoms with Gasteiger partial charge in [0, 0.05) is 11.8 Å². The molecule has 2 fully saturated rings. The van der Waals surface area contributed by atoms with Gasteiger partial charge in [-0.05, 0) is 37.2 Å². The zero-order valence-electron chi connectivity index (χ0n) is 12.2. The van der Waals surface area contributed by atoms with Crippen LogP contribution in [0.25, 0.3) is 0 Å². The Bertz CT molecular complexity index is 511. The van der Waals surface area contributed by atoms with Gasteiger partial charge in [-0.2, -0.15) is 0 Å². The third kappa shape index (κ3) is 3.43. The second-order valence-corrected chi connectivity index (χ2v) is 6.16. The van der Waals surface area contributed by atoms with Crippen LogP contribution < -0.4 is 10.9 Å². The number of hydrogen-bond acceptors (Lipinski definition) is 2. The van der Waals surface area contributed by atoms with Crippen molar-refractivity contribution in [3.05, 3.63) is 35.9 Å². The summed E-state index contributed by atoms with van der Waals surface area (Å²) in [6.07, 6.45) is 6.06. The molecule has 112 valence electrons. The van der Waals surface area contributed by atoms with Gasteiger partial charge in [0.1, 0.15) is 0 Å². The van der Waals surface area contributed by atoms with Crippen molar-refractivity contribution in [1.29, 1.82) is 0 Å². The molecule has 4 nitrogen and oxygen atoms in total. The van der Waals surface area contributed by atoms with Gasteiger partial charge in [-0.25, -0.2) is 0 Å². The van der Waals surface area contributed by atoms with Crippen LogP contribution in [0, 0.1) is 11.8 Å². The van der Waals surface area contributed by atoms with Gasteiger partial charge in [0.2, 0.25) is 11.8 Å². The molecule has 3 rings (SSSR count). The first-order valence-electron chi connectivity index (χ1n) is 7.90. The minimum atomic E-state index is -0.0459. The lowest BCUT2D eigenvalue weighted by Crippen LogP contribution is -2.46. The van der Waals surface area contributed by atoms with E-state index in [1.807, 2.05) is 18.2 Å². The van der Waals surface area contributed by atoms with Gasteiger partial charge in [0.05, 0.1) is 0 Å². The number of hydrazine groups is 1. The molecule has 2 amide bonds. The number of rotatable bonds is 3. The fourth-order valence-electron chi connectivity index (χ4n) is 3.21. The van der Waals surface area contributed by atoms with E-state index in [-0.39, 0.29) is 29.6 Å². The van der Waals surface area contributed by atoms with E-state index in [1.54, 1.807) is 0 Å². The number of nitrogens with one attached hydrogen (secondary N) is 2. The Morgan fingerprint density at radius 1 is 0.857 bits per heavy atom. The predicted octanol–water partition coefficient (Wildman–Crippen LogP) is 2.52. The molecule has 0 spiro atoms. The van der Waals surface area contributed by atoms with Crippen LogP contribution in [0.1, 0.15) is 50.0 Å². The molecule has 0 unspecified atom stereocenters. The smallest absolute Gasteiger partial charge is 0.242 e. The van der Waals surface area contributed by atoms with E-state index in [1.165, 1.54) is 5.56 Å². The molecule has 4 heteroatoms. The standard InChI is InChI=1S/C17H22N2O2/c20-16(13-10-11-13)18-19-17(21)15-9-5-4-8-14(15)12-6-2-1-3-7-12/h1-3,6-7,13-15H,4-5,8-11H2,(H,18,20)(H,19,21)/t14-,15-/m1/s1. The van der Waals surface area contributed by atoms with E-state index in [2.05, 4.69) is 23.0 Å². The molecule has 2 atom stereocenters. The highest BCUT2D eigenvalue weighted by molar-refractivity contribution is 5.86. The lowest BCUT2D eigenvalue weighted by Gasteiger charge is -2.31. The average molecular weight is 286 g/mol. The predicted molar refractivity (Wildman–Crippen MR) is 80.2 cm³/mol. The highest BCUT2D eigenvalue weighted by Crippen LogP contribution is 2.37. The van der Waals surface area contributed by atoms with Crippen molar-refractivity contribution >= 4 is 11.8 Å². The maximum atomic E-state index is 12.4. The van der Waals surface area contributed by atoms with Crippen LogP contribution in [0.4, 0.5) is 0 Å². The molecular weight excluding hydrogens is 264 g/mol. The largest absolute Gasteiger partial charge is 0.273 e. The van der Waals surface area contributed by atoms with Gasteiger partial charge >= 0.3 is 0 Å². The van der Waals surface area contributed by atoms with Crippen molar-refractivity contribution in [2.24, 2.45) is 11.8 Å². The molecule has 1 aromatic rings. The third-order valence-electron chi connectivity index (χ3n) is 4.59. The minimum absolute atomic E-state index is 0.0411. The average Bonchev–Trinajstić information content (AvgIpc) is 3.38. The van der Waals surface area contributed by atoms with Crippen LogP contribution in [-0.2, 0) is 9.59 Å². The highest BCUT2D eigenvalue weighted by Gasteiger charge is 2.33. The first-order valence-corrected chi connectivity index (χ1v) is 7.90. The Balaban J connectivity index is 1.63. The summed E-state index contributed by atoms with van der Waals surface area (Å²) in [5.41, 5.74) is 6.44. The first-order chi connectivity index (χ1) is 10.3. The lowest BCUT2D eigenvalue weighted by atomic mass is 9.75.